The molecule has 2 aromatic carbocycles. The number of carbonyl (C=O) groups is 2. The van der Waals surface area contributed by atoms with Gasteiger partial charge in [-0.2, -0.15) is 0 Å². The fourth-order valence-corrected chi connectivity index (χ4v) is 4.65. The van der Waals surface area contributed by atoms with Gasteiger partial charge < -0.3 is 10.3 Å². The molecule has 7 nitrogen and oxygen atoms in total. The second-order valence-corrected chi connectivity index (χ2v) is 9.35. The summed E-state index contributed by atoms with van der Waals surface area (Å²) in [7, 11) is 0. The summed E-state index contributed by atoms with van der Waals surface area (Å²) in [5.74, 6) is 0.648. The van der Waals surface area contributed by atoms with E-state index in [1.807, 2.05) is 31.3 Å². The molecule has 1 unspecified atom stereocenters. The van der Waals surface area contributed by atoms with Crippen LogP contribution in [-0.2, 0) is 4.79 Å². The molecule has 2 heterocycles. The number of anilines is 1. The summed E-state index contributed by atoms with van der Waals surface area (Å²) in [4.78, 5) is 27.7. The first-order valence-corrected chi connectivity index (χ1v) is 11.5. The molecule has 1 aliphatic carbocycles. The highest BCUT2D eigenvalue weighted by molar-refractivity contribution is 8.00. The number of hydrogen-bond acceptors (Lipinski definition) is 5. The third kappa shape index (κ3) is 3.93. The summed E-state index contributed by atoms with van der Waals surface area (Å²) < 4.78 is 2.17. The fraction of sp³-hybridized carbons (Fsp3) is 0.250. The molecule has 8 heteroatoms. The molecule has 1 amide bonds. The van der Waals surface area contributed by atoms with Gasteiger partial charge in [0.1, 0.15) is 0 Å². The number of carbonyl (C=O) groups excluding carboxylic acids is 2. The zero-order valence-corrected chi connectivity index (χ0v) is 18.6. The molecule has 0 spiro atoms. The number of thioether (sulfide) groups is 1. The highest BCUT2D eigenvalue weighted by Gasteiger charge is 2.32. The molecule has 1 atom stereocenters. The number of hydrogen-bond donors (Lipinski definition) is 2. The normalized spacial score (nSPS) is 14.4. The Morgan fingerprint density at radius 2 is 1.97 bits per heavy atom. The van der Waals surface area contributed by atoms with E-state index in [1.54, 1.807) is 24.3 Å². The van der Waals surface area contributed by atoms with E-state index in [0.717, 1.165) is 40.3 Å². The van der Waals surface area contributed by atoms with E-state index in [4.69, 9.17) is 0 Å². The van der Waals surface area contributed by atoms with Gasteiger partial charge in [0.25, 0.3) is 0 Å². The van der Waals surface area contributed by atoms with Gasteiger partial charge in [-0.3, -0.25) is 14.2 Å². The number of rotatable bonds is 7. The van der Waals surface area contributed by atoms with E-state index >= 15 is 0 Å². The molecule has 0 saturated heterocycles. The summed E-state index contributed by atoms with van der Waals surface area (Å²) in [6.07, 6.45) is 4.14. The lowest BCUT2D eigenvalue weighted by atomic mass is 10.1. The van der Waals surface area contributed by atoms with Crippen LogP contribution < -0.4 is 5.32 Å². The minimum atomic E-state index is -0.381. The lowest BCUT2D eigenvalue weighted by Crippen LogP contribution is -2.23. The Bertz CT molecular complexity index is 1320. The van der Waals surface area contributed by atoms with Gasteiger partial charge in [0, 0.05) is 40.0 Å². The van der Waals surface area contributed by atoms with Gasteiger partial charge in [-0.25, -0.2) is 0 Å². The van der Waals surface area contributed by atoms with Gasteiger partial charge >= 0.3 is 0 Å². The van der Waals surface area contributed by atoms with Crippen molar-refractivity contribution in [3.63, 3.8) is 0 Å². The standard InChI is InChI=1S/C24H23N5O2S/c1-14(30)16-6-5-7-17(12-16)26-23(31)15(2)32-24-28-27-22(29(24)18-10-11-18)20-13-25-21-9-4-3-8-19(20)21/h3-9,12-13,15,18,25H,10-11H2,1-2H3,(H,26,31). The molecule has 1 saturated carbocycles. The Labute approximate surface area is 189 Å². The van der Waals surface area contributed by atoms with Crippen LogP contribution in [0.2, 0.25) is 0 Å². The topological polar surface area (TPSA) is 92.7 Å². The SMILES string of the molecule is CC(=O)c1cccc(NC(=O)C(C)Sc2nnc(-c3c[nH]c4ccccc34)n2C2CC2)c1. The zero-order valence-electron chi connectivity index (χ0n) is 17.8. The van der Waals surface area contributed by atoms with Crippen LogP contribution in [0.25, 0.3) is 22.3 Å². The fourth-order valence-electron chi connectivity index (χ4n) is 3.73. The number of nitrogens with zero attached hydrogens (tertiary/aromatic N) is 3. The van der Waals surface area contributed by atoms with Crippen molar-refractivity contribution < 1.29 is 9.59 Å². The molecule has 1 fully saturated rings. The zero-order chi connectivity index (χ0) is 22.2. The molecule has 32 heavy (non-hydrogen) atoms. The van der Waals surface area contributed by atoms with E-state index in [-0.39, 0.29) is 16.9 Å². The van der Waals surface area contributed by atoms with Gasteiger partial charge in [0.05, 0.1) is 5.25 Å². The first-order valence-electron chi connectivity index (χ1n) is 10.6. The van der Waals surface area contributed by atoms with Crippen molar-refractivity contribution in [2.45, 2.75) is 43.1 Å². The number of amides is 1. The third-order valence-electron chi connectivity index (χ3n) is 5.59. The summed E-state index contributed by atoms with van der Waals surface area (Å²) in [6.45, 7) is 3.36. The Morgan fingerprint density at radius 3 is 2.75 bits per heavy atom. The first-order chi connectivity index (χ1) is 15.5. The van der Waals surface area contributed by atoms with Crippen LogP contribution in [0.5, 0.6) is 0 Å². The molecule has 0 aliphatic heterocycles. The number of para-hydroxylation sites is 1. The van der Waals surface area contributed by atoms with E-state index in [1.165, 1.54) is 18.7 Å². The van der Waals surface area contributed by atoms with Crippen molar-refractivity contribution in [1.29, 1.82) is 0 Å². The molecular weight excluding hydrogens is 422 g/mol. The maximum Gasteiger partial charge on any atom is 0.237 e. The van der Waals surface area contributed by atoms with Crippen molar-refractivity contribution in [3.8, 4) is 11.4 Å². The van der Waals surface area contributed by atoms with Crippen molar-refractivity contribution in [2.24, 2.45) is 0 Å². The molecule has 162 valence electrons. The minimum Gasteiger partial charge on any atom is -0.360 e. The van der Waals surface area contributed by atoms with Gasteiger partial charge in [-0.1, -0.05) is 42.1 Å². The highest BCUT2D eigenvalue weighted by atomic mass is 32.2. The van der Waals surface area contributed by atoms with Gasteiger partial charge in [0.2, 0.25) is 5.91 Å². The number of nitrogens with one attached hydrogen (secondary N) is 2. The Kier molecular flexibility index (Phi) is 5.30. The number of benzene rings is 2. The average Bonchev–Trinajstić information content (AvgIpc) is 3.41. The average molecular weight is 446 g/mol. The summed E-state index contributed by atoms with van der Waals surface area (Å²) in [5, 5.41) is 13.3. The maximum absolute atomic E-state index is 12.8. The molecule has 2 N–H and O–H groups in total. The molecular formula is C24H23N5O2S. The molecule has 4 aromatic rings. The second kappa shape index (κ2) is 8.27. The number of Topliss-reactive ketones (excluding diaryl/α,β-unsaturated/α-hetero) is 1. The minimum absolute atomic E-state index is 0.0362. The Balaban J connectivity index is 1.38. The molecule has 0 radical (unpaired) electrons. The predicted molar refractivity (Wildman–Crippen MR) is 126 cm³/mol. The van der Waals surface area contributed by atoms with E-state index in [2.05, 4.69) is 31.1 Å². The van der Waals surface area contributed by atoms with Crippen LogP contribution in [0.1, 0.15) is 43.1 Å². The summed E-state index contributed by atoms with van der Waals surface area (Å²) >= 11 is 1.40. The first kappa shape index (κ1) is 20.5. The van der Waals surface area contributed by atoms with E-state index < -0.39 is 0 Å². The Morgan fingerprint density at radius 1 is 1.16 bits per heavy atom. The lowest BCUT2D eigenvalue weighted by Gasteiger charge is -2.13. The number of fused-ring (bicyclic) bond motifs is 1. The number of aromatic nitrogens is 4. The number of H-pyrrole nitrogens is 1. The smallest absolute Gasteiger partial charge is 0.237 e. The van der Waals surface area contributed by atoms with Crippen LogP contribution >= 0.6 is 11.8 Å². The van der Waals surface area contributed by atoms with Crippen molar-refractivity contribution in [3.05, 3.63) is 60.3 Å². The lowest BCUT2D eigenvalue weighted by molar-refractivity contribution is -0.115. The highest BCUT2D eigenvalue weighted by Crippen LogP contribution is 2.42. The van der Waals surface area contributed by atoms with Crippen LogP contribution in [-0.4, -0.2) is 36.7 Å². The predicted octanol–water partition coefficient (Wildman–Crippen LogP) is 5.08. The van der Waals surface area contributed by atoms with Crippen molar-refractivity contribution in [2.75, 3.05) is 5.32 Å². The van der Waals surface area contributed by atoms with Crippen LogP contribution in [0, 0.1) is 0 Å². The maximum atomic E-state index is 12.8. The Hall–Kier alpha value is -3.39. The van der Waals surface area contributed by atoms with Crippen molar-refractivity contribution in [1.82, 2.24) is 19.7 Å². The summed E-state index contributed by atoms with van der Waals surface area (Å²) in [5.41, 5.74) is 3.26. The number of ketones is 1. The number of aromatic amines is 1. The van der Waals surface area contributed by atoms with Crippen LogP contribution in [0.4, 0.5) is 5.69 Å². The van der Waals surface area contributed by atoms with Gasteiger partial charge in [-0.15, -0.1) is 10.2 Å². The van der Waals surface area contributed by atoms with Crippen LogP contribution in [0.15, 0.2) is 59.9 Å². The van der Waals surface area contributed by atoms with Crippen LogP contribution in [0.3, 0.4) is 0 Å². The van der Waals surface area contributed by atoms with Gasteiger partial charge in [0.15, 0.2) is 16.8 Å². The molecule has 0 bridgehead atoms. The van der Waals surface area contributed by atoms with E-state index in [9.17, 15) is 9.59 Å². The van der Waals surface area contributed by atoms with Crippen molar-refractivity contribution >= 4 is 40.0 Å². The largest absolute Gasteiger partial charge is 0.360 e. The summed E-state index contributed by atoms with van der Waals surface area (Å²) in [6, 6.07) is 15.5. The second-order valence-electron chi connectivity index (χ2n) is 8.04. The van der Waals surface area contributed by atoms with E-state index in [0.29, 0.717) is 17.3 Å². The third-order valence-corrected chi connectivity index (χ3v) is 6.65. The molecule has 5 rings (SSSR count). The quantitative estimate of drug-likeness (QED) is 0.306. The monoisotopic (exact) mass is 445 g/mol. The molecule has 2 aromatic heterocycles. The molecule has 1 aliphatic rings. The van der Waals surface area contributed by atoms with Gasteiger partial charge in [-0.05, 0) is 44.9 Å².